The van der Waals surface area contributed by atoms with Crippen LogP contribution in [0.3, 0.4) is 0 Å². The van der Waals surface area contributed by atoms with Gasteiger partial charge < -0.3 is 9.15 Å². The Labute approximate surface area is 172 Å². The van der Waals surface area contributed by atoms with Crippen molar-refractivity contribution in [2.24, 2.45) is 5.10 Å². The molecular weight excluding hydrogens is 380 g/mol. The minimum atomic E-state index is -0.290. The van der Waals surface area contributed by atoms with Crippen LogP contribution in [-0.2, 0) is 6.61 Å². The second-order valence-electron chi connectivity index (χ2n) is 6.51. The smallest absolute Gasteiger partial charge is 0.271 e. The van der Waals surface area contributed by atoms with Crippen LogP contribution in [0.25, 0.3) is 11.0 Å². The van der Waals surface area contributed by atoms with Crippen molar-refractivity contribution >= 4 is 23.1 Å². The van der Waals surface area contributed by atoms with Gasteiger partial charge in [-0.05, 0) is 42.0 Å². The summed E-state index contributed by atoms with van der Waals surface area (Å²) in [5.74, 6) is 0.281. The molecule has 0 aliphatic heterocycles. The quantitative estimate of drug-likeness (QED) is 0.391. The van der Waals surface area contributed by atoms with Crippen LogP contribution in [0, 0.1) is 0 Å². The number of benzene rings is 3. The number of hydrogen-bond acceptors (Lipinski definition) is 5. The van der Waals surface area contributed by atoms with Crippen LogP contribution >= 0.6 is 0 Å². The maximum atomic E-state index is 12.5. The van der Waals surface area contributed by atoms with Crippen molar-refractivity contribution in [1.29, 1.82) is 0 Å². The van der Waals surface area contributed by atoms with Crippen molar-refractivity contribution in [3.63, 3.8) is 0 Å². The third kappa shape index (κ3) is 4.44. The van der Waals surface area contributed by atoms with Crippen LogP contribution < -0.4 is 15.6 Å². The molecule has 30 heavy (non-hydrogen) atoms. The average molecular weight is 398 g/mol. The number of hydrazone groups is 1. The third-order valence-electron chi connectivity index (χ3n) is 4.42. The van der Waals surface area contributed by atoms with Gasteiger partial charge >= 0.3 is 0 Å². The Morgan fingerprint density at radius 3 is 2.67 bits per heavy atom. The first kappa shape index (κ1) is 19.1. The average Bonchev–Trinajstić information content (AvgIpc) is 2.80. The van der Waals surface area contributed by atoms with Crippen LogP contribution in [0.15, 0.2) is 99.4 Å². The minimum Gasteiger partial charge on any atom is -0.489 e. The molecule has 0 saturated heterocycles. The summed E-state index contributed by atoms with van der Waals surface area (Å²) in [6, 6.07) is 23.1. The SMILES string of the molecule is O=C(N/N=C/c1cccc(OCc2coc3ccccc3c2=O)c1)c1ccccc1. The molecule has 6 heteroatoms. The second kappa shape index (κ2) is 8.87. The molecule has 1 N–H and O–H groups in total. The van der Waals surface area contributed by atoms with Gasteiger partial charge in [0.05, 0.1) is 17.2 Å². The van der Waals surface area contributed by atoms with Crippen LogP contribution in [0.1, 0.15) is 21.5 Å². The summed E-state index contributed by atoms with van der Waals surface area (Å²) in [4.78, 5) is 24.5. The molecule has 6 nitrogen and oxygen atoms in total. The highest BCUT2D eigenvalue weighted by Gasteiger charge is 2.07. The third-order valence-corrected chi connectivity index (χ3v) is 4.42. The lowest BCUT2D eigenvalue weighted by Gasteiger charge is -2.07. The van der Waals surface area contributed by atoms with Gasteiger partial charge in [-0.25, -0.2) is 5.43 Å². The number of fused-ring (bicyclic) bond motifs is 1. The Hall–Kier alpha value is -4.19. The molecule has 0 aliphatic carbocycles. The van der Waals surface area contributed by atoms with Crippen LogP contribution in [-0.4, -0.2) is 12.1 Å². The highest BCUT2D eigenvalue weighted by atomic mass is 16.5. The standard InChI is InChI=1S/C24H18N2O4/c27-23-19(16-30-22-12-5-4-11-21(22)23)15-29-20-10-6-7-17(13-20)14-25-26-24(28)18-8-2-1-3-9-18/h1-14,16H,15H2,(H,26,28)/b25-14+. The molecule has 0 fully saturated rings. The zero-order valence-corrected chi connectivity index (χ0v) is 15.9. The Morgan fingerprint density at radius 1 is 1.00 bits per heavy atom. The van der Waals surface area contributed by atoms with Gasteiger partial charge in [-0.3, -0.25) is 9.59 Å². The zero-order chi connectivity index (χ0) is 20.8. The van der Waals surface area contributed by atoms with E-state index in [9.17, 15) is 9.59 Å². The van der Waals surface area contributed by atoms with Gasteiger partial charge in [0.2, 0.25) is 0 Å². The first-order chi connectivity index (χ1) is 14.7. The fourth-order valence-corrected chi connectivity index (χ4v) is 2.88. The van der Waals surface area contributed by atoms with E-state index in [0.29, 0.717) is 27.8 Å². The summed E-state index contributed by atoms with van der Waals surface area (Å²) in [5, 5.41) is 4.50. The van der Waals surface area contributed by atoms with Crippen molar-refractivity contribution in [1.82, 2.24) is 5.43 Å². The van der Waals surface area contributed by atoms with Gasteiger partial charge in [0, 0.05) is 5.56 Å². The number of amides is 1. The molecule has 0 bridgehead atoms. The monoisotopic (exact) mass is 398 g/mol. The zero-order valence-electron chi connectivity index (χ0n) is 15.9. The highest BCUT2D eigenvalue weighted by molar-refractivity contribution is 5.94. The second-order valence-corrected chi connectivity index (χ2v) is 6.51. The van der Waals surface area contributed by atoms with Gasteiger partial charge in [-0.1, -0.05) is 42.5 Å². The summed E-state index contributed by atoms with van der Waals surface area (Å²) in [7, 11) is 0. The van der Waals surface area contributed by atoms with Crippen LogP contribution in [0.4, 0.5) is 0 Å². The lowest BCUT2D eigenvalue weighted by atomic mass is 10.2. The first-order valence-electron chi connectivity index (χ1n) is 9.31. The molecule has 3 aromatic carbocycles. The van der Waals surface area contributed by atoms with E-state index in [2.05, 4.69) is 10.5 Å². The van der Waals surface area contributed by atoms with E-state index in [1.54, 1.807) is 60.7 Å². The molecule has 0 unspecified atom stereocenters. The molecule has 1 aromatic heterocycles. The Bertz CT molecular complexity index is 1260. The Morgan fingerprint density at radius 2 is 1.80 bits per heavy atom. The molecule has 0 aliphatic rings. The number of para-hydroxylation sites is 1. The normalized spacial score (nSPS) is 10.9. The molecule has 1 heterocycles. The molecule has 0 atom stereocenters. The molecule has 0 radical (unpaired) electrons. The van der Waals surface area contributed by atoms with E-state index >= 15 is 0 Å². The Balaban J connectivity index is 1.41. The predicted octanol–water partition coefficient (Wildman–Crippen LogP) is 4.14. The lowest BCUT2D eigenvalue weighted by Crippen LogP contribution is -2.17. The summed E-state index contributed by atoms with van der Waals surface area (Å²) in [5.41, 5.74) is 4.62. The maximum absolute atomic E-state index is 12.5. The number of nitrogens with one attached hydrogen (secondary N) is 1. The first-order valence-corrected chi connectivity index (χ1v) is 9.31. The van der Waals surface area contributed by atoms with Crippen LogP contribution in [0.2, 0.25) is 0 Å². The number of carbonyl (C=O) groups excluding carboxylic acids is 1. The van der Waals surface area contributed by atoms with Gasteiger partial charge in [-0.2, -0.15) is 5.10 Å². The molecule has 1 amide bonds. The Kier molecular flexibility index (Phi) is 5.66. The number of nitrogens with zero attached hydrogens (tertiary/aromatic N) is 1. The molecule has 4 aromatic rings. The van der Waals surface area contributed by atoms with Crippen LogP contribution in [0.5, 0.6) is 5.75 Å². The van der Waals surface area contributed by atoms with Gasteiger partial charge in [-0.15, -0.1) is 0 Å². The van der Waals surface area contributed by atoms with E-state index < -0.39 is 0 Å². The molecule has 4 rings (SSSR count). The summed E-state index contributed by atoms with van der Waals surface area (Å²) < 4.78 is 11.3. The summed E-state index contributed by atoms with van der Waals surface area (Å²) in [6.45, 7) is 0.0819. The fraction of sp³-hybridized carbons (Fsp3) is 0.0417. The van der Waals surface area contributed by atoms with E-state index in [-0.39, 0.29) is 17.9 Å². The lowest BCUT2D eigenvalue weighted by molar-refractivity contribution is 0.0955. The minimum absolute atomic E-state index is 0.0819. The van der Waals surface area contributed by atoms with E-state index in [1.807, 2.05) is 18.2 Å². The summed E-state index contributed by atoms with van der Waals surface area (Å²) in [6.07, 6.45) is 2.95. The van der Waals surface area contributed by atoms with E-state index in [0.717, 1.165) is 5.56 Å². The van der Waals surface area contributed by atoms with E-state index in [1.165, 1.54) is 12.5 Å². The predicted molar refractivity (Wildman–Crippen MR) is 115 cm³/mol. The van der Waals surface area contributed by atoms with Crippen molar-refractivity contribution in [2.45, 2.75) is 6.61 Å². The molecule has 0 saturated carbocycles. The van der Waals surface area contributed by atoms with Crippen molar-refractivity contribution in [3.8, 4) is 5.75 Å². The number of rotatable bonds is 6. The fourth-order valence-electron chi connectivity index (χ4n) is 2.88. The summed E-state index contributed by atoms with van der Waals surface area (Å²) >= 11 is 0. The van der Waals surface area contributed by atoms with E-state index in [4.69, 9.17) is 9.15 Å². The van der Waals surface area contributed by atoms with Gasteiger partial charge in [0.25, 0.3) is 5.91 Å². The highest BCUT2D eigenvalue weighted by Crippen LogP contribution is 2.15. The number of carbonyl (C=O) groups is 1. The number of hydrogen-bond donors (Lipinski definition) is 1. The number of ether oxygens (including phenoxy) is 1. The van der Waals surface area contributed by atoms with Gasteiger partial charge in [0.1, 0.15) is 24.2 Å². The van der Waals surface area contributed by atoms with Crippen molar-refractivity contribution in [3.05, 3.63) is 112 Å². The molecule has 0 spiro atoms. The van der Waals surface area contributed by atoms with Crippen molar-refractivity contribution < 1.29 is 13.9 Å². The molecule has 148 valence electrons. The largest absolute Gasteiger partial charge is 0.489 e. The maximum Gasteiger partial charge on any atom is 0.271 e. The van der Waals surface area contributed by atoms with Gasteiger partial charge in [0.15, 0.2) is 5.43 Å². The molecular formula is C24H18N2O4. The van der Waals surface area contributed by atoms with Crippen molar-refractivity contribution in [2.75, 3.05) is 0 Å². The topological polar surface area (TPSA) is 80.9 Å².